The molecule has 2 heterocycles. The first kappa shape index (κ1) is 24.0. The molecule has 1 aliphatic rings. The Labute approximate surface area is 197 Å². The van der Waals surface area contributed by atoms with Crippen LogP contribution in [0.15, 0.2) is 54.6 Å². The monoisotopic (exact) mass is 486 g/mol. The summed E-state index contributed by atoms with van der Waals surface area (Å²) in [5.41, 5.74) is 5.32. The molecular formula is C23H21F3N6O3. The summed E-state index contributed by atoms with van der Waals surface area (Å²) in [4.78, 5) is 26.4. The van der Waals surface area contributed by atoms with Crippen LogP contribution in [0.4, 0.5) is 24.5 Å². The van der Waals surface area contributed by atoms with E-state index in [1.54, 1.807) is 24.3 Å². The number of halogens is 3. The zero-order chi connectivity index (χ0) is 25.3. The zero-order valence-electron chi connectivity index (χ0n) is 18.5. The number of nitrogens with zero attached hydrogens (tertiary/aromatic N) is 3. The van der Waals surface area contributed by atoms with E-state index in [4.69, 9.17) is 15.9 Å². The number of nitrogens with two attached hydrogens (primary N) is 1. The topological polar surface area (TPSA) is 126 Å². The summed E-state index contributed by atoms with van der Waals surface area (Å²) in [6.07, 6.45) is -4.69. The van der Waals surface area contributed by atoms with Crippen molar-refractivity contribution < 1.29 is 27.5 Å². The Bertz CT molecular complexity index is 1290. The number of anilines is 2. The van der Waals surface area contributed by atoms with Gasteiger partial charge in [-0.05, 0) is 42.5 Å². The molecule has 9 nitrogen and oxygen atoms in total. The molecule has 0 saturated carbocycles. The van der Waals surface area contributed by atoms with Gasteiger partial charge in [-0.3, -0.25) is 9.59 Å². The van der Waals surface area contributed by atoms with Gasteiger partial charge < -0.3 is 26.1 Å². The van der Waals surface area contributed by atoms with E-state index in [0.717, 1.165) is 10.4 Å². The number of amides is 2. The molecule has 1 fully saturated rings. The van der Waals surface area contributed by atoms with Gasteiger partial charge in [-0.15, -0.1) is 0 Å². The van der Waals surface area contributed by atoms with Gasteiger partial charge in [-0.1, -0.05) is 6.07 Å². The number of primary amides is 1. The van der Waals surface area contributed by atoms with E-state index in [0.29, 0.717) is 30.4 Å². The third-order valence-electron chi connectivity index (χ3n) is 5.49. The van der Waals surface area contributed by atoms with Crippen molar-refractivity contribution in [3.8, 4) is 5.69 Å². The average molecular weight is 486 g/mol. The Balaban J connectivity index is 1.62. The molecule has 1 saturated heterocycles. The van der Waals surface area contributed by atoms with Crippen molar-refractivity contribution >= 4 is 28.9 Å². The molecule has 1 aliphatic heterocycles. The second-order valence-corrected chi connectivity index (χ2v) is 7.80. The Morgan fingerprint density at radius 3 is 2.49 bits per heavy atom. The smallest absolute Gasteiger partial charge is 0.366 e. The third-order valence-corrected chi connectivity index (χ3v) is 5.49. The minimum Gasteiger partial charge on any atom is -0.366 e. The number of methoxy groups -OCH3 is 1. The predicted molar refractivity (Wildman–Crippen MR) is 122 cm³/mol. The molecule has 12 heteroatoms. The fourth-order valence-electron chi connectivity index (χ4n) is 3.80. The van der Waals surface area contributed by atoms with Crippen LogP contribution in [0.25, 0.3) is 5.69 Å². The quantitative estimate of drug-likeness (QED) is 0.492. The lowest BCUT2D eigenvalue weighted by Crippen LogP contribution is -2.34. The average Bonchev–Trinajstić information content (AvgIpc) is 3.44. The molecule has 35 heavy (non-hydrogen) atoms. The van der Waals surface area contributed by atoms with Crippen molar-refractivity contribution in [2.24, 2.45) is 5.73 Å². The Morgan fingerprint density at radius 2 is 1.86 bits per heavy atom. The molecule has 2 aromatic carbocycles. The van der Waals surface area contributed by atoms with E-state index in [-0.39, 0.29) is 16.9 Å². The SMILES string of the molecule is COC1C(=N)CCN1c1ccc(NC(=O)c2cc(C(F)(F)F)nn2-c2cccc(C(N)=O)c2)cc1. The van der Waals surface area contributed by atoms with E-state index in [9.17, 15) is 22.8 Å². The lowest BCUT2D eigenvalue weighted by Gasteiger charge is -2.25. The van der Waals surface area contributed by atoms with Gasteiger partial charge in [0, 0.05) is 43.1 Å². The molecule has 0 aliphatic carbocycles. The highest BCUT2D eigenvalue weighted by atomic mass is 19.4. The number of carbonyl (C=O) groups excluding carboxylic acids is 2. The van der Waals surface area contributed by atoms with Crippen molar-refractivity contribution in [1.29, 1.82) is 5.41 Å². The zero-order valence-corrected chi connectivity index (χ0v) is 18.5. The second-order valence-electron chi connectivity index (χ2n) is 7.80. The largest absolute Gasteiger partial charge is 0.435 e. The number of nitrogens with one attached hydrogen (secondary N) is 2. The van der Waals surface area contributed by atoms with Crippen LogP contribution in [0, 0.1) is 5.41 Å². The summed E-state index contributed by atoms with van der Waals surface area (Å²) < 4.78 is 46.3. The molecule has 0 spiro atoms. The lowest BCUT2D eigenvalue weighted by molar-refractivity contribution is -0.141. The Morgan fingerprint density at radius 1 is 1.14 bits per heavy atom. The van der Waals surface area contributed by atoms with Crippen LogP contribution in [0.5, 0.6) is 0 Å². The van der Waals surface area contributed by atoms with Gasteiger partial charge in [0.05, 0.1) is 11.4 Å². The fraction of sp³-hybridized carbons (Fsp3) is 0.217. The number of alkyl halides is 3. The first-order valence-corrected chi connectivity index (χ1v) is 10.4. The van der Waals surface area contributed by atoms with Gasteiger partial charge in [-0.25, -0.2) is 4.68 Å². The molecule has 2 amide bonds. The first-order chi connectivity index (χ1) is 16.6. The molecule has 1 aromatic heterocycles. The minimum absolute atomic E-state index is 0.0536. The van der Waals surface area contributed by atoms with Gasteiger partial charge in [-0.2, -0.15) is 18.3 Å². The van der Waals surface area contributed by atoms with Crippen LogP contribution < -0.4 is 16.0 Å². The molecule has 1 unspecified atom stereocenters. The van der Waals surface area contributed by atoms with Crippen LogP contribution >= 0.6 is 0 Å². The third kappa shape index (κ3) is 4.87. The maximum Gasteiger partial charge on any atom is 0.435 e. The highest BCUT2D eigenvalue weighted by Gasteiger charge is 2.36. The number of carbonyl (C=O) groups is 2. The predicted octanol–water partition coefficient (Wildman–Crippen LogP) is 3.44. The van der Waals surface area contributed by atoms with Gasteiger partial charge in [0.1, 0.15) is 5.69 Å². The van der Waals surface area contributed by atoms with Crippen molar-refractivity contribution in [1.82, 2.24) is 9.78 Å². The summed E-state index contributed by atoms with van der Waals surface area (Å²) in [6.45, 7) is 0.604. The molecule has 1 atom stereocenters. The summed E-state index contributed by atoms with van der Waals surface area (Å²) in [7, 11) is 1.52. The molecule has 0 radical (unpaired) electrons. The number of ether oxygens (including phenoxy) is 1. The number of hydrogen-bond donors (Lipinski definition) is 3. The fourth-order valence-corrected chi connectivity index (χ4v) is 3.80. The molecule has 0 bridgehead atoms. The van der Waals surface area contributed by atoms with Gasteiger partial charge in [0.25, 0.3) is 5.91 Å². The summed E-state index contributed by atoms with van der Waals surface area (Å²) in [5, 5.41) is 14.1. The number of benzene rings is 2. The van der Waals surface area contributed by atoms with Crippen LogP contribution in [0.2, 0.25) is 0 Å². The molecule has 3 aromatic rings. The highest BCUT2D eigenvalue weighted by molar-refractivity contribution is 6.04. The van der Waals surface area contributed by atoms with Crippen LogP contribution in [-0.2, 0) is 10.9 Å². The standard InChI is InChI=1S/C23H21F3N6O3/c1-35-22-17(27)9-10-31(22)15-7-5-14(6-8-15)29-21(34)18-12-19(23(24,25)26)30-32(18)16-4-2-3-13(11-16)20(28)33/h2-8,11-12,22,27H,9-10H2,1H3,(H2,28,33)(H,29,34). The summed E-state index contributed by atoms with van der Waals surface area (Å²) >= 11 is 0. The first-order valence-electron chi connectivity index (χ1n) is 10.4. The Hall–Kier alpha value is -4.19. The van der Waals surface area contributed by atoms with E-state index < -0.39 is 29.9 Å². The molecule has 4 rings (SSSR count). The normalized spacial score (nSPS) is 15.9. The maximum atomic E-state index is 13.4. The van der Waals surface area contributed by atoms with E-state index in [1.807, 2.05) is 4.90 Å². The number of hydrogen-bond acceptors (Lipinski definition) is 6. The Kier molecular flexibility index (Phi) is 6.31. The summed E-state index contributed by atoms with van der Waals surface area (Å²) in [6, 6.07) is 12.8. The second kappa shape index (κ2) is 9.22. The van der Waals surface area contributed by atoms with Gasteiger partial charge >= 0.3 is 6.18 Å². The van der Waals surface area contributed by atoms with E-state index in [1.165, 1.54) is 31.4 Å². The van der Waals surface area contributed by atoms with E-state index >= 15 is 0 Å². The number of rotatable bonds is 6. The van der Waals surface area contributed by atoms with Crippen molar-refractivity contribution in [3.63, 3.8) is 0 Å². The molecular weight excluding hydrogens is 465 g/mol. The maximum absolute atomic E-state index is 13.4. The summed E-state index contributed by atoms with van der Waals surface area (Å²) in [5.74, 6) is -1.60. The van der Waals surface area contributed by atoms with E-state index in [2.05, 4.69) is 10.4 Å². The molecule has 182 valence electrons. The highest BCUT2D eigenvalue weighted by Crippen LogP contribution is 2.30. The van der Waals surface area contributed by atoms with Crippen molar-refractivity contribution in [2.75, 3.05) is 23.9 Å². The minimum atomic E-state index is -4.79. The van der Waals surface area contributed by atoms with Gasteiger partial charge in [0.2, 0.25) is 5.91 Å². The number of aromatic nitrogens is 2. The van der Waals surface area contributed by atoms with Gasteiger partial charge in [0.15, 0.2) is 11.9 Å². The van der Waals surface area contributed by atoms with Crippen LogP contribution in [0.3, 0.4) is 0 Å². The molecule has 4 N–H and O–H groups in total. The van der Waals surface area contributed by atoms with Crippen molar-refractivity contribution in [2.45, 2.75) is 18.8 Å². The van der Waals surface area contributed by atoms with Crippen LogP contribution in [-0.4, -0.2) is 47.2 Å². The van der Waals surface area contributed by atoms with Crippen molar-refractivity contribution in [3.05, 3.63) is 71.5 Å². The van der Waals surface area contributed by atoms with Crippen LogP contribution in [0.1, 0.15) is 33.0 Å². The lowest BCUT2D eigenvalue weighted by atomic mass is 10.2.